The SMILES string of the molecule is Ic1cnn(-c2cccc(-n3cccn3)n2)c1. The first kappa shape index (κ1) is 10.5. The zero-order chi connectivity index (χ0) is 11.7. The van der Waals surface area contributed by atoms with Gasteiger partial charge in [-0.3, -0.25) is 0 Å². The molecule has 0 aliphatic carbocycles. The fourth-order valence-corrected chi connectivity index (χ4v) is 1.89. The van der Waals surface area contributed by atoms with Gasteiger partial charge in [0.05, 0.1) is 9.77 Å². The van der Waals surface area contributed by atoms with E-state index in [0.717, 1.165) is 15.2 Å². The quantitative estimate of drug-likeness (QED) is 0.673. The fourth-order valence-electron chi connectivity index (χ4n) is 1.50. The first-order chi connectivity index (χ1) is 8.33. The highest BCUT2D eigenvalue weighted by atomic mass is 127. The maximum atomic E-state index is 4.50. The van der Waals surface area contributed by atoms with Crippen molar-refractivity contribution in [1.29, 1.82) is 0 Å². The maximum absolute atomic E-state index is 4.50. The third kappa shape index (κ3) is 2.07. The molecule has 0 amide bonds. The lowest BCUT2D eigenvalue weighted by Crippen LogP contribution is -2.03. The Hall–Kier alpha value is -1.70. The van der Waals surface area contributed by atoms with Gasteiger partial charge in [-0.25, -0.2) is 14.3 Å². The van der Waals surface area contributed by atoms with Crippen LogP contribution in [0.2, 0.25) is 0 Å². The van der Waals surface area contributed by atoms with E-state index in [-0.39, 0.29) is 0 Å². The van der Waals surface area contributed by atoms with Gasteiger partial charge in [-0.15, -0.1) is 0 Å². The van der Waals surface area contributed by atoms with Gasteiger partial charge in [0, 0.05) is 18.6 Å². The molecule has 0 aliphatic heterocycles. The molecule has 5 nitrogen and oxygen atoms in total. The average molecular weight is 337 g/mol. The largest absolute Gasteiger partial charge is 0.223 e. The molecular weight excluding hydrogens is 329 g/mol. The highest BCUT2D eigenvalue weighted by Gasteiger charge is 2.03. The Kier molecular flexibility index (Phi) is 2.63. The minimum absolute atomic E-state index is 0.776. The van der Waals surface area contributed by atoms with Crippen LogP contribution in [0.25, 0.3) is 11.6 Å². The van der Waals surface area contributed by atoms with E-state index < -0.39 is 0 Å². The first-order valence-corrected chi connectivity index (χ1v) is 6.08. The summed E-state index contributed by atoms with van der Waals surface area (Å²) in [5.41, 5.74) is 0. The Labute approximate surface area is 111 Å². The minimum Gasteiger partial charge on any atom is -0.223 e. The Morgan fingerprint density at radius 3 is 2.47 bits per heavy atom. The van der Waals surface area contributed by atoms with Crippen LogP contribution >= 0.6 is 22.6 Å². The van der Waals surface area contributed by atoms with Gasteiger partial charge in [-0.05, 0) is 40.8 Å². The van der Waals surface area contributed by atoms with Crippen LogP contribution in [0.4, 0.5) is 0 Å². The minimum atomic E-state index is 0.776. The molecule has 0 radical (unpaired) electrons. The zero-order valence-corrected chi connectivity index (χ0v) is 10.9. The molecule has 0 aromatic carbocycles. The molecule has 0 bridgehead atoms. The van der Waals surface area contributed by atoms with Crippen molar-refractivity contribution >= 4 is 22.6 Å². The molecule has 0 unspecified atom stereocenters. The fraction of sp³-hybridized carbons (Fsp3) is 0. The van der Waals surface area contributed by atoms with E-state index in [2.05, 4.69) is 37.8 Å². The van der Waals surface area contributed by atoms with Gasteiger partial charge < -0.3 is 0 Å². The summed E-state index contributed by atoms with van der Waals surface area (Å²) in [5, 5.41) is 8.37. The number of rotatable bonds is 2. The van der Waals surface area contributed by atoms with Crippen LogP contribution in [0.15, 0.2) is 49.1 Å². The van der Waals surface area contributed by atoms with E-state index >= 15 is 0 Å². The van der Waals surface area contributed by atoms with Crippen molar-refractivity contribution in [3.05, 3.63) is 52.6 Å². The normalized spacial score (nSPS) is 10.6. The third-order valence-electron chi connectivity index (χ3n) is 2.24. The van der Waals surface area contributed by atoms with Crippen molar-refractivity contribution in [1.82, 2.24) is 24.5 Å². The molecule has 0 atom stereocenters. The molecule has 0 aliphatic rings. The molecule has 3 heterocycles. The molecule has 0 saturated heterocycles. The summed E-state index contributed by atoms with van der Waals surface area (Å²) in [6, 6.07) is 7.63. The van der Waals surface area contributed by atoms with E-state index in [9.17, 15) is 0 Å². The average Bonchev–Trinajstić information content (AvgIpc) is 3.00. The van der Waals surface area contributed by atoms with Crippen molar-refractivity contribution in [3.63, 3.8) is 0 Å². The summed E-state index contributed by atoms with van der Waals surface area (Å²) < 4.78 is 4.54. The zero-order valence-electron chi connectivity index (χ0n) is 8.73. The van der Waals surface area contributed by atoms with Crippen LogP contribution in [-0.4, -0.2) is 24.5 Å². The first-order valence-electron chi connectivity index (χ1n) is 5.00. The summed E-state index contributed by atoms with van der Waals surface area (Å²) >= 11 is 2.22. The maximum Gasteiger partial charge on any atom is 0.155 e. The van der Waals surface area contributed by atoms with Gasteiger partial charge in [0.25, 0.3) is 0 Å². The molecule has 0 spiro atoms. The van der Waals surface area contributed by atoms with Crippen LogP contribution in [0.3, 0.4) is 0 Å². The topological polar surface area (TPSA) is 48.5 Å². The molecule has 84 valence electrons. The van der Waals surface area contributed by atoms with Gasteiger partial charge in [-0.1, -0.05) is 6.07 Å². The summed E-state index contributed by atoms with van der Waals surface area (Å²) in [7, 11) is 0. The van der Waals surface area contributed by atoms with Crippen LogP contribution in [-0.2, 0) is 0 Å². The molecule has 0 N–H and O–H groups in total. The van der Waals surface area contributed by atoms with E-state index in [4.69, 9.17) is 0 Å². The van der Waals surface area contributed by atoms with Gasteiger partial charge in [-0.2, -0.15) is 10.2 Å². The Morgan fingerprint density at radius 2 is 1.82 bits per heavy atom. The monoisotopic (exact) mass is 337 g/mol. The Bertz CT molecular complexity index is 629. The standard InChI is InChI=1S/C11H8IN5/c12-9-7-14-17(8-9)11-4-1-3-10(15-11)16-6-2-5-13-16/h1-8H. The predicted octanol–water partition coefficient (Wildman–Crippen LogP) is 2.06. The highest BCUT2D eigenvalue weighted by molar-refractivity contribution is 14.1. The van der Waals surface area contributed by atoms with Gasteiger partial charge in [0.15, 0.2) is 11.6 Å². The van der Waals surface area contributed by atoms with E-state index in [1.165, 1.54) is 0 Å². The second-order valence-corrected chi connectivity index (χ2v) is 4.65. The highest BCUT2D eigenvalue weighted by Crippen LogP contribution is 2.10. The molecule has 3 aromatic rings. The second kappa shape index (κ2) is 4.28. The van der Waals surface area contributed by atoms with Crippen molar-refractivity contribution in [3.8, 4) is 11.6 Å². The number of nitrogens with zero attached hydrogens (tertiary/aromatic N) is 5. The van der Waals surface area contributed by atoms with Crippen molar-refractivity contribution in [2.75, 3.05) is 0 Å². The Morgan fingerprint density at radius 1 is 1.00 bits per heavy atom. The van der Waals surface area contributed by atoms with E-state index in [0.29, 0.717) is 0 Å². The molecular formula is C11H8IN5. The number of aromatic nitrogens is 5. The third-order valence-corrected chi connectivity index (χ3v) is 2.80. The molecule has 0 saturated carbocycles. The summed E-state index contributed by atoms with van der Waals surface area (Å²) in [6.07, 6.45) is 7.31. The molecule has 6 heteroatoms. The Balaban J connectivity index is 2.05. The van der Waals surface area contributed by atoms with Crippen LogP contribution in [0, 0.1) is 3.57 Å². The number of pyridine rings is 1. The van der Waals surface area contributed by atoms with E-state index in [1.54, 1.807) is 21.8 Å². The predicted molar refractivity (Wildman–Crippen MR) is 71.2 cm³/mol. The van der Waals surface area contributed by atoms with Crippen molar-refractivity contribution < 1.29 is 0 Å². The summed E-state index contributed by atoms with van der Waals surface area (Å²) in [5.74, 6) is 1.55. The van der Waals surface area contributed by atoms with Crippen LogP contribution in [0.1, 0.15) is 0 Å². The second-order valence-electron chi connectivity index (χ2n) is 3.41. The number of hydrogen-bond acceptors (Lipinski definition) is 3. The van der Waals surface area contributed by atoms with Gasteiger partial charge in [0.1, 0.15) is 0 Å². The molecule has 0 fully saturated rings. The smallest absolute Gasteiger partial charge is 0.155 e. The molecule has 17 heavy (non-hydrogen) atoms. The number of hydrogen-bond donors (Lipinski definition) is 0. The molecule has 3 aromatic heterocycles. The van der Waals surface area contributed by atoms with Crippen molar-refractivity contribution in [2.45, 2.75) is 0 Å². The molecule has 3 rings (SSSR count). The van der Waals surface area contributed by atoms with Crippen LogP contribution in [0.5, 0.6) is 0 Å². The summed E-state index contributed by atoms with van der Waals surface area (Å²) in [4.78, 5) is 4.50. The van der Waals surface area contributed by atoms with Crippen LogP contribution < -0.4 is 0 Å². The lowest BCUT2D eigenvalue weighted by atomic mass is 10.4. The van der Waals surface area contributed by atoms with E-state index in [1.807, 2.05) is 36.7 Å². The summed E-state index contributed by atoms with van der Waals surface area (Å²) in [6.45, 7) is 0. The lowest BCUT2D eigenvalue weighted by Gasteiger charge is -2.03. The number of halogens is 1. The van der Waals surface area contributed by atoms with Gasteiger partial charge >= 0.3 is 0 Å². The van der Waals surface area contributed by atoms with Crippen molar-refractivity contribution in [2.24, 2.45) is 0 Å². The lowest BCUT2D eigenvalue weighted by molar-refractivity contribution is 0.803. The van der Waals surface area contributed by atoms with Gasteiger partial charge in [0.2, 0.25) is 0 Å².